The van der Waals surface area contributed by atoms with Gasteiger partial charge in [0.15, 0.2) is 0 Å². The lowest BCUT2D eigenvalue weighted by Crippen LogP contribution is -2.28. The van der Waals surface area contributed by atoms with Gasteiger partial charge in [-0.2, -0.15) is 0 Å². The first-order valence-electron chi connectivity index (χ1n) is 13.6. The van der Waals surface area contributed by atoms with Crippen molar-refractivity contribution in [3.05, 3.63) is 71.2 Å². The van der Waals surface area contributed by atoms with Crippen LogP contribution in [0.4, 0.5) is 14.5 Å². The molecule has 5 rings (SSSR count). The van der Waals surface area contributed by atoms with E-state index in [1.54, 1.807) is 30.5 Å². The SMILES string of the molecule is COC1CCC(c2ccncc2NC(=O)c2ccc(F)c(-c3c(F)cc(CN4CCCC4=O)cc3P)n2)CC1C. The summed E-state index contributed by atoms with van der Waals surface area (Å²) >= 11 is 0. The van der Waals surface area contributed by atoms with E-state index in [9.17, 15) is 14.0 Å². The predicted molar refractivity (Wildman–Crippen MR) is 152 cm³/mol. The standard InChI is InChI=1S/C30H33F2N4O3P/c1-17-12-19(5-8-25(17)39-2)20-9-10-33-15-24(20)35-30(38)23-7-6-21(31)29(34-23)28-22(32)13-18(14-26(28)40)16-36-11-3-4-27(36)37/h6-7,9-10,13-15,17,19,25H,3-5,8,11-12,16,40H2,1-2H3,(H,35,38). The summed E-state index contributed by atoms with van der Waals surface area (Å²) in [6, 6.07) is 7.31. The van der Waals surface area contributed by atoms with Crippen molar-refractivity contribution in [2.45, 2.75) is 57.6 Å². The summed E-state index contributed by atoms with van der Waals surface area (Å²) in [5.41, 5.74) is 1.83. The molecule has 2 fully saturated rings. The highest BCUT2D eigenvalue weighted by Crippen LogP contribution is 2.40. The van der Waals surface area contributed by atoms with Crippen LogP contribution in [-0.2, 0) is 16.1 Å². The van der Waals surface area contributed by atoms with Crippen molar-refractivity contribution >= 4 is 32.0 Å². The number of anilines is 1. The Morgan fingerprint density at radius 3 is 2.73 bits per heavy atom. The first kappa shape index (κ1) is 28.2. The Labute approximate surface area is 234 Å². The first-order valence-corrected chi connectivity index (χ1v) is 14.1. The van der Waals surface area contributed by atoms with E-state index >= 15 is 4.39 Å². The van der Waals surface area contributed by atoms with Gasteiger partial charge in [-0.3, -0.25) is 14.6 Å². The number of pyridine rings is 2. The second kappa shape index (κ2) is 12.1. The number of rotatable bonds is 7. The van der Waals surface area contributed by atoms with Crippen LogP contribution in [0.3, 0.4) is 0 Å². The van der Waals surface area contributed by atoms with Crippen LogP contribution >= 0.6 is 9.24 Å². The van der Waals surface area contributed by atoms with E-state index in [2.05, 4.69) is 31.4 Å². The third-order valence-corrected chi connectivity index (χ3v) is 8.43. The van der Waals surface area contributed by atoms with Crippen molar-refractivity contribution in [2.24, 2.45) is 5.92 Å². The van der Waals surface area contributed by atoms with E-state index in [4.69, 9.17) is 4.74 Å². The summed E-state index contributed by atoms with van der Waals surface area (Å²) in [7, 11) is 4.15. The van der Waals surface area contributed by atoms with Gasteiger partial charge >= 0.3 is 0 Å². The molecule has 2 aromatic heterocycles. The Bertz CT molecular complexity index is 1410. The van der Waals surface area contributed by atoms with E-state index in [0.717, 1.165) is 37.3 Å². The van der Waals surface area contributed by atoms with Crippen molar-refractivity contribution in [1.29, 1.82) is 0 Å². The van der Waals surface area contributed by atoms with Gasteiger partial charge < -0.3 is 15.0 Å². The van der Waals surface area contributed by atoms with Gasteiger partial charge in [0.1, 0.15) is 23.0 Å². The zero-order chi connectivity index (χ0) is 28.4. The topological polar surface area (TPSA) is 84.4 Å². The van der Waals surface area contributed by atoms with Crippen molar-refractivity contribution in [3.63, 3.8) is 0 Å². The number of likely N-dealkylation sites (tertiary alicyclic amines) is 1. The molecule has 40 heavy (non-hydrogen) atoms. The van der Waals surface area contributed by atoms with Crippen LogP contribution in [0.1, 0.15) is 66.6 Å². The van der Waals surface area contributed by atoms with Crippen molar-refractivity contribution in [3.8, 4) is 11.3 Å². The molecule has 0 radical (unpaired) electrons. The molecular formula is C30H33F2N4O3P. The molecule has 10 heteroatoms. The van der Waals surface area contributed by atoms with Gasteiger partial charge in [0.05, 0.1) is 18.0 Å². The Balaban J connectivity index is 1.38. The van der Waals surface area contributed by atoms with Gasteiger partial charge in [-0.25, -0.2) is 13.8 Å². The Morgan fingerprint density at radius 2 is 2.02 bits per heavy atom. The number of benzene rings is 1. The molecule has 1 aromatic carbocycles. The third-order valence-electron chi connectivity index (χ3n) is 7.98. The maximum absolute atomic E-state index is 15.3. The Morgan fingerprint density at radius 1 is 1.20 bits per heavy atom. The monoisotopic (exact) mass is 566 g/mol. The second-order valence-corrected chi connectivity index (χ2v) is 11.3. The average Bonchev–Trinajstić information content (AvgIpc) is 3.33. The lowest BCUT2D eigenvalue weighted by atomic mass is 9.77. The van der Waals surface area contributed by atoms with Crippen LogP contribution in [0.2, 0.25) is 0 Å². The van der Waals surface area contributed by atoms with Crippen LogP contribution in [-0.4, -0.2) is 46.4 Å². The molecule has 7 nitrogen and oxygen atoms in total. The van der Waals surface area contributed by atoms with Gasteiger partial charge in [0.25, 0.3) is 5.91 Å². The number of hydrogen-bond donors (Lipinski definition) is 1. The largest absolute Gasteiger partial charge is 0.381 e. The van der Waals surface area contributed by atoms with Crippen LogP contribution in [0, 0.1) is 17.6 Å². The number of hydrogen-bond acceptors (Lipinski definition) is 5. The number of amides is 2. The summed E-state index contributed by atoms with van der Waals surface area (Å²) < 4.78 is 35.9. The van der Waals surface area contributed by atoms with Crippen LogP contribution < -0.4 is 10.6 Å². The number of ether oxygens (including phenoxy) is 1. The summed E-state index contributed by atoms with van der Waals surface area (Å²) in [6.45, 7) is 3.09. The van der Waals surface area contributed by atoms with Gasteiger partial charge in [0, 0.05) is 38.4 Å². The highest BCUT2D eigenvalue weighted by molar-refractivity contribution is 7.28. The van der Waals surface area contributed by atoms with E-state index in [1.165, 1.54) is 12.1 Å². The zero-order valence-corrected chi connectivity index (χ0v) is 23.8. The molecule has 210 valence electrons. The van der Waals surface area contributed by atoms with Gasteiger partial charge in [0.2, 0.25) is 5.91 Å². The van der Waals surface area contributed by atoms with Gasteiger partial charge in [-0.1, -0.05) is 6.92 Å². The number of nitrogens with one attached hydrogen (secondary N) is 1. The summed E-state index contributed by atoms with van der Waals surface area (Å²) in [4.78, 5) is 35.4. The van der Waals surface area contributed by atoms with Crippen molar-refractivity contribution in [1.82, 2.24) is 14.9 Å². The maximum Gasteiger partial charge on any atom is 0.274 e. The zero-order valence-electron chi connectivity index (χ0n) is 22.6. The number of carbonyl (C=O) groups excluding carboxylic acids is 2. The molecule has 2 amide bonds. The average molecular weight is 567 g/mol. The highest BCUT2D eigenvalue weighted by atomic mass is 31.0. The number of carbonyl (C=O) groups is 2. The van der Waals surface area contributed by atoms with Gasteiger partial charge in [-0.15, -0.1) is 9.24 Å². The lowest BCUT2D eigenvalue weighted by Gasteiger charge is -2.34. The molecule has 1 N–H and O–H groups in total. The Hall–Kier alpha value is -3.29. The molecule has 1 aliphatic heterocycles. The third kappa shape index (κ3) is 5.91. The molecule has 2 aliphatic rings. The quantitative estimate of drug-likeness (QED) is 0.397. The molecule has 1 saturated heterocycles. The normalized spacial score (nSPS) is 21.1. The first-order chi connectivity index (χ1) is 19.2. The minimum absolute atomic E-state index is 0.0372. The fourth-order valence-corrected chi connectivity index (χ4v) is 6.40. The number of methoxy groups -OCH3 is 1. The molecule has 3 aromatic rings. The minimum atomic E-state index is -0.743. The summed E-state index contributed by atoms with van der Waals surface area (Å²) in [5.74, 6) is -1.31. The molecule has 0 bridgehead atoms. The molecule has 3 heterocycles. The molecular weight excluding hydrogens is 533 g/mol. The van der Waals surface area contributed by atoms with E-state index in [0.29, 0.717) is 35.4 Å². The molecule has 4 atom stereocenters. The number of halogens is 2. The second-order valence-electron chi connectivity index (χ2n) is 10.7. The maximum atomic E-state index is 15.3. The highest BCUT2D eigenvalue weighted by Gasteiger charge is 2.30. The molecule has 0 spiro atoms. The number of aromatic nitrogens is 2. The molecule has 1 saturated carbocycles. The fourth-order valence-electron chi connectivity index (χ4n) is 5.92. The summed E-state index contributed by atoms with van der Waals surface area (Å²) in [5, 5.41) is 3.28. The van der Waals surface area contributed by atoms with E-state index in [-0.39, 0.29) is 41.4 Å². The van der Waals surface area contributed by atoms with E-state index in [1.807, 2.05) is 6.07 Å². The minimum Gasteiger partial charge on any atom is -0.381 e. The van der Waals surface area contributed by atoms with Crippen LogP contribution in [0.5, 0.6) is 0 Å². The van der Waals surface area contributed by atoms with Crippen LogP contribution in [0.15, 0.2) is 42.7 Å². The predicted octanol–water partition coefficient (Wildman–Crippen LogP) is 5.22. The molecule has 1 aliphatic carbocycles. The van der Waals surface area contributed by atoms with E-state index < -0.39 is 17.5 Å². The number of nitrogens with zero attached hydrogens (tertiary/aromatic N) is 3. The van der Waals surface area contributed by atoms with Gasteiger partial charge in [-0.05, 0) is 84.3 Å². The fraction of sp³-hybridized carbons (Fsp3) is 0.400. The smallest absolute Gasteiger partial charge is 0.274 e. The van der Waals surface area contributed by atoms with Crippen LogP contribution in [0.25, 0.3) is 11.3 Å². The van der Waals surface area contributed by atoms with Crippen molar-refractivity contribution < 1.29 is 23.1 Å². The Kier molecular flexibility index (Phi) is 8.52. The lowest BCUT2D eigenvalue weighted by molar-refractivity contribution is -0.128. The van der Waals surface area contributed by atoms with Crippen molar-refractivity contribution in [2.75, 3.05) is 19.0 Å². The molecule has 4 unspecified atom stereocenters. The summed E-state index contributed by atoms with van der Waals surface area (Å²) in [6.07, 6.45) is 7.58.